The Kier molecular flexibility index (Phi) is 5.56. The smallest absolute Gasteiger partial charge is 0.312 e. The fraction of sp³-hybridized carbons (Fsp3) is 0.900. The Morgan fingerprint density at radius 2 is 1.60 bits per heavy atom. The van der Waals surface area contributed by atoms with Crippen molar-refractivity contribution in [1.29, 1.82) is 0 Å². The van der Waals surface area contributed by atoms with Crippen molar-refractivity contribution in [2.45, 2.75) is 112 Å². The van der Waals surface area contributed by atoms with Gasteiger partial charge in [-0.2, -0.15) is 0 Å². The van der Waals surface area contributed by atoms with Crippen LogP contribution in [-0.2, 0) is 4.79 Å². The molecule has 0 aromatic rings. The Labute approximate surface area is 211 Å². The predicted molar refractivity (Wildman–Crippen MR) is 135 cm³/mol. The normalized spacial score (nSPS) is 57.7. The first-order chi connectivity index (χ1) is 16.1. The summed E-state index contributed by atoms with van der Waals surface area (Å²) in [6.07, 6.45) is 9.24. The van der Waals surface area contributed by atoms with E-state index in [1.54, 1.807) is 6.92 Å². The fourth-order valence-electron chi connectivity index (χ4n) is 10.7. The molecule has 2 unspecified atom stereocenters. The number of hydrogen-bond donors (Lipinski definition) is 4. The summed E-state index contributed by atoms with van der Waals surface area (Å²) in [7, 11) is 0. The molecule has 0 saturated heterocycles. The van der Waals surface area contributed by atoms with Crippen LogP contribution in [0.2, 0.25) is 0 Å². The Balaban J connectivity index is 1.57. The molecule has 198 valence electrons. The highest BCUT2D eigenvalue weighted by Gasteiger charge is 2.69. The van der Waals surface area contributed by atoms with Crippen LogP contribution in [0.5, 0.6) is 0 Å². The number of aliphatic carboxylic acids is 1. The van der Waals surface area contributed by atoms with Gasteiger partial charge < -0.3 is 20.4 Å². The average molecular weight is 489 g/mol. The predicted octanol–water partition coefficient (Wildman–Crippen LogP) is 5.18. The minimum absolute atomic E-state index is 0.00145. The van der Waals surface area contributed by atoms with E-state index in [2.05, 4.69) is 40.7 Å². The largest absolute Gasteiger partial charge is 0.481 e. The molecule has 5 aliphatic rings. The summed E-state index contributed by atoms with van der Waals surface area (Å²) < 4.78 is 0. The summed E-state index contributed by atoms with van der Waals surface area (Å²) in [5, 5.41) is 42.3. The zero-order valence-electron chi connectivity index (χ0n) is 22.7. The second-order valence-corrected chi connectivity index (χ2v) is 14.9. The van der Waals surface area contributed by atoms with E-state index in [9.17, 15) is 25.2 Å². The van der Waals surface area contributed by atoms with E-state index in [1.165, 1.54) is 5.57 Å². The molecule has 0 aromatic carbocycles. The van der Waals surface area contributed by atoms with Crippen LogP contribution in [0.4, 0.5) is 0 Å². The highest BCUT2D eigenvalue weighted by molar-refractivity contribution is 5.75. The van der Waals surface area contributed by atoms with Gasteiger partial charge in [-0.1, -0.05) is 46.3 Å². The summed E-state index contributed by atoms with van der Waals surface area (Å²) in [4.78, 5) is 12.3. The highest BCUT2D eigenvalue weighted by atomic mass is 16.4. The number of hydrogen-bond acceptors (Lipinski definition) is 4. The Morgan fingerprint density at radius 3 is 2.23 bits per heavy atom. The Morgan fingerprint density at radius 1 is 0.914 bits per heavy atom. The number of rotatable bonds is 2. The minimum atomic E-state index is -1.10. The highest BCUT2D eigenvalue weighted by Crippen LogP contribution is 2.75. The zero-order chi connectivity index (χ0) is 25.8. The van der Waals surface area contributed by atoms with E-state index in [0.717, 1.165) is 44.9 Å². The number of carboxylic acids is 1. The van der Waals surface area contributed by atoms with Crippen LogP contribution in [-0.4, -0.2) is 45.2 Å². The standard InChI is InChI=1S/C30H48O5/c1-25-13-14-29(5)18(19(25)15-27(3,24(34)35)23(33)16-25)7-8-21-26(2)11-10-22(32)28(4,17-31)20(26)9-12-30(21,29)6/h7,19-23,31-33H,8-17H2,1-6H3,(H,34,35)/t19-,20?,21?,22-,23+,25-,26-,27-,28+,29+,30+/m0/s1. The molecule has 0 amide bonds. The van der Waals surface area contributed by atoms with Crippen molar-refractivity contribution in [3.05, 3.63) is 11.6 Å². The van der Waals surface area contributed by atoms with Gasteiger partial charge in [-0.05, 0) is 104 Å². The molecule has 5 rings (SSSR count). The third-order valence-corrected chi connectivity index (χ3v) is 13.6. The van der Waals surface area contributed by atoms with Crippen LogP contribution in [0.25, 0.3) is 0 Å². The van der Waals surface area contributed by atoms with Gasteiger partial charge in [-0.15, -0.1) is 0 Å². The lowest BCUT2D eigenvalue weighted by molar-refractivity contribution is -0.217. The summed E-state index contributed by atoms with van der Waals surface area (Å²) in [6, 6.07) is 0. The van der Waals surface area contributed by atoms with E-state index < -0.39 is 29.0 Å². The van der Waals surface area contributed by atoms with Gasteiger partial charge in [0.25, 0.3) is 0 Å². The third kappa shape index (κ3) is 3.01. The molecule has 0 bridgehead atoms. The molecule has 5 heteroatoms. The first kappa shape index (κ1) is 25.7. The molecule has 5 nitrogen and oxygen atoms in total. The van der Waals surface area contributed by atoms with Crippen molar-refractivity contribution in [3.63, 3.8) is 0 Å². The minimum Gasteiger partial charge on any atom is -0.481 e. The summed E-state index contributed by atoms with van der Waals surface area (Å²) in [5.41, 5.74) is 0.00866. The summed E-state index contributed by atoms with van der Waals surface area (Å²) in [6.45, 7) is 13.6. The molecule has 35 heavy (non-hydrogen) atoms. The monoisotopic (exact) mass is 488 g/mol. The van der Waals surface area contributed by atoms with E-state index in [1.807, 2.05) is 0 Å². The molecule has 4 fully saturated rings. The van der Waals surface area contributed by atoms with Gasteiger partial charge in [0.1, 0.15) is 0 Å². The van der Waals surface area contributed by atoms with Gasteiger partial charge >= 0.3 is 5.97 Å². The molecule has 5 aliphatic carbocycles. The second-order valence-electron chi connectivity index (χ2n) is 14.9. The molecule has 0 aromatic heterocycles. The van der Waals surface area contributed by atoms with Crippen molar-refractivity contribution in [2.24, 2.45) is 50.2 Å². The molecule has 0 spiro atoms. The molecular formula is C30H48O5. The maximum atomic E-state index is 12.3. The lowest BCUT2D eigenvalue weighted by atomic mass is 9.33. The lowest BCUT2D eigenvalue weighted by Gasteiger charge is -2.71. The average Bonchev–Trinajstić information content (AvgIpc) is 2.79. The van der Waals surface area contributed by atoms with Crippen LogP contribution in [0.15, 0.2) is 11.6 Å². The van der Waals surface area contributed by atoms with Crippen molar-refractivity contribution < 1.29 is 25.2 Å². The maximum absolute atomic E-state index is 12.3. The molecular weight excluding hydrogens is 440 g/mol. The molecule has 4 N–H and O–H groups in total. The number of fused-ring (bicyclic) bond motifs is 7. The van der Waals surface area contributed by atoms with Gasteiger partial charge in [0.15, 0.2) is 0 Å². The fourth-order valence-corrected chi connectivity index (χ4v) is 10.7. The molecule has 0 heterocycles. The first-order valence-corrected chi connectivity index (χ1v) is 14.0. The molecule has 0 aliphatic heterocycles. The molecule has 4 saturated carbocycles. The number of carbonyl (C=O) groups is 1. The Bertz CT molecular complexity index is 945. The lowest BCUT2D eigenvalue weighted by Crippen LogP contribution is -2.66. The van der Waals surface area contributed by atoms with Crippen LogP contribution in [0.1, 0.15) is 99.3 Å². The zero-order valence-corrected chi connectivity index (χ0v) is 22.7. The van der Waals surface area contributed by atoms with Gasteiger partial charge in [0.05, 0.1) is 24.2 Å². The maximum Gasteiger partial charge on any atom is 0.312 e. The number of aliphatic hydroxyl groups excluding tert-OH is 3. The van der Waals surface area contributed by atoms with Crippen molar-refractivity contribution >= 4 is 5.97 Å². The quantitative estimate of drug-likeness (QED) is 0.402. The SMILES string of the molecule is C[C@]12CC[C@H](O)[C@](C)(CO)C1CC[C@]1(C)C2CC=C2[C@@H]3C[C@](C)(C(=O)O)[C@H](O)C[C@]3(C)CC[C@]21C. The third-order valence-electron chi connectivity index (χ3n) is 13.6. The second kappa shape index (κ2) is 7.57. The van der Waals surface area contributed by atoms with Crippen LogP contribution >= 0.6 is 0 Å². The number of allylic oxidation sites excluding steroid dienone is 2. The van der Waals surface area contributed by atoms with E-state index in [0.29, 0.717) is 24.7 Å². The van der Waals surface area contributed by atoms with Crippen molar-refractivity contribution in [1.82, 2.24) is 0 Å². The first-order valence-electron chi connectivity index (χ1n) is 14.0. The van der Waals surface area contributed by atoms with Gasteiger partial charge in [-0.25, -0.2) is 0 Å². The summed E-state index contributed by atoms with van der Waals surface area (Å²) >= 11 is 0. The summed E-state index contributed by atoms with van der Waals surface area (Å²) in [5.74, 6) is 0.0847. The van der Waals surface area contributed by atoms with Gasteiger partial charge in [0, 0.05) is 5.41 Å². The van der Waals surface area contributed by atoms with E-state index in [4.69, 9.17) is 0 Å². The van der Waals surface area contributed by atoms with E-state index in [-0.39, 0.29) is 34.2 Å². The van der Waals surface area contributed by atoms with Gasteiger partial charge in [-0.3, -0.25) is 4.79 Å². The van der Waals surface area contributed by atoms with Crippen molar-refractivity contribution in [2.75, 3.05) is 6.61 Å². The topological polar surface area (TPSA) is 98.0 Å². The number of carboxylic acid groups (broad SMARTS) is 1. The molecule has 11 atom stereocenters. The van der Waals surface area contributed by atoms with Crippen molar-refractivity contribution in [3.8, 4) is 0 Å². The molecule has 0 radical (unpaired) electrons. The van der Waals surface area contributed by atoms with Crippen LogP contribution in [0, 0.1) is 50.2 Å². The van der Waals surface area contributed by atoms with E-state index >= 15 is 0 Å². The van der Waals surface area contributed by atoms with Crippen LogP contribution < -0.4 is 0 Å². The van der Waals surface area contributed by atoms with Crippen LogP contribution in [0.3, 0.4) is 0 Å². The Hall–Kier alpha value is -0.910. The van der Waals surface area contributed by atoms with Gasteiger partial charge in [0.2, 0.25) is 0 Å². The number of aliphatic hydroxyl groups is 3.